The lowest BCUT2D eigenvalue weighted by atomic mass is 10.2. The second-order valence-corrected chi connectivity index (χ2v) is 5.33. The van der Waals surface area contributed by atoms with Crippen molar-refractivity contribution in [1.29, 1.82) is 0 Å². The van der Waals surface area contributed by atoms with Crippen molar-refractivity contribution in [2.24, 2.45) is 0 Å². The first-order valence-electron chi connectivity index (χ1n) is 7.55. The molecule has 0 bridgehead atoms. The molecule has 4 nitrogen and oxygen atoms in total. The van der Waals surface area contributed by atoms with E-state index in [1.54, 1.807) is 42.6 Å². The van der Waals surface area contributed by atoms with Gasteiger partial charge in [0.15, 0.2) is 11.6 Å². The van der Waals surface area contributed by atoms with Crippen molar-refractivity contribution < 1.29 is 14.2 Å². The van der Waals surface area contributed by atoms with Gasteiger partial charge in [0.2, 0.25) is 0 Å². The van der Waals surface area contributed by atoms with Crippen LogP contribution in [-0.4, -0.2) is 10.1 Å². The number of phenols is 1. The Morgan fingerprint density at radius 1 is 1.00 bits per heavy atom. The van der Waals surface area contributed by atoms with Crippen molar-refractivity contribution in [3.63, 3.8) is 0 Å². The molecule has 0 aliphatic heterocycles. The second-order valence-electron chi connectivity index (χ2n) is 5.33. The Morgan fingerprint density at radius 2 is 1.83 bits per heavy atom. The maximum Gasteiger partial charge on any atom is 0.166 e. The maximum absolute atomic E-state index is 14.1. The molecule has 0 radical (unpaired) electrons. The highest BCUT2D eigenvalue weighted by atomic mass is 19.1. The van der Waals surface area contributed by atoms with E-state index in [1.165, 1.54) is 12.3 Å². The van der Waals surface area contributed by atoms with Gasteiger partial charge < -0.3 is 15.2 Å². The summed E-state index contributed by atoms with van der Waals surface area (Å²) < 4.78 is 19.6. The van der Waals surface area contributed by atoms with Crippen molar-refractivity contribution >= 4 is 0 Å². The van der Waals surface area contributed by atoms with E-state index in [1.807, 2.05) is 12.1 Å². The molecule has 0 atom stereocenters. The molecule has 5 heteroatoms. The van der Waals surface area contributed by atoms with Gasteiger partial charge in [-0.15, -0.1) is 0 Å². The third kappa shape index (κ3) is 4.30. The quantitative estimate of drug-likeness (QED) is 0.719. The molecule has 3 aromatic rings. The molecule has 0 fully saturated rings. The van der Waals surface area contributed by atoms with Gasteiger partial charge in [-0.25, -0.2) is 4.39 Å². The molecule has 0 saturated heterocycles. The molecular formula is C19H17FN2O2. The number of nitrogens with one attached hydrogen (secondary N) is 1. The van der Waals surface area contributed by atoms with Crippen LogP contribution in [0.2, 0.25) is 0 Å². The van der Waals surface area contributed by atoms with Gasteiger partial charge in [0.05, 0.1) is 6.20 Å². The summed E-state index contributed by atoms with van der Waals surface area (Å²) in [6, 6.07) is 15.3. The van der Waals surface area contributed by atoms with E-state index in [9.17, 15) is 9.50 Å². The molecule has 122 valence electrons. The molecule has 24 heavy (non-hydrogen) atoms. The van der Waals surface area contributed by atoms with Crippen LogP contribution in [0.25, 0.3) is 0 Å². The normalized spacial score (nSPS) is 10.5. The van der Waals surface area contributed by atoms with Crippen LogP contribution in [0, 0.1) is 5.82 Å². The highest BCUT2D eigenvalue weighted by molar-refractivity contribution is 5.33. The average Bonchev–Trinajstić information content (AvgIpc) is 2.58. The van der Waals surface area contributed by atoms with Crippen LogP contribution < -0.4 is 10.1 Å². The maximum atomic E-state index is 14.1. The Hall–Kier alpha value is -2.92. The van der Waals surface area contributed by atoms with E-state index in [0.29, 0.717) is 18.8 Å². The van der Waals surface area contributed by atoms with Gasteiger partial charge in [0.25, 0.3) is 0 Å². The summed E-state index contributed by atoms with van der Waals surface area (Å²) in [6.45, 7) is 1.10. The molecule has 2 aromatic carbocycles. The smallest absolute Gasteiger partial charge is 0.166 e. The first-order chi connectivity index (χ1) is 11.7. The van der Waals surface area contributed by atoms with Crippen LogP contribution in [0.5, 0.6) is 17.2 Å². The lowest BCUT2D eigenvalue weighted by Crippen LogP contribution is -2.12. The van der Waals surface area contributed by atoms with Crippen molar-refractivity contribution in [2.75, 3.05) is 0 Å². The largest absolute Gasteiger partial charge is 0.508 e. The topological polar surface area (TPSA) is 54.4 Å². The number of aromatic nitrogens is 1. The summed E-state index contributed by atoms with van der Waals surface area (Å²) in [5.74, 6) is 0.471. The van der Waals surface area contributed by atoms with Gasteiger partial charge in [-0.1, -0.05) is 18.2 Å². The van der Waals surface area contributed by atoms with Crippen LogP contribution in [0.1, 0.15) is 11.1 Å². The third-order valence-corrected chi connectivity index (χ3v) is 3.43. The number of pyridine rings is 1. The summed E-state index contributed by atoms with van der Waals surface area (Å²) in [4.78, 5) is 3.93. The number of nitrogens with zero attached hydrogens (tertiary/aromatic N) is 1. The molecule has 0 saturated carbocycles. The highest BCUT2D eigenvalue weighted by Crippen LogP contribution is 2.24. The number of phenolic OH excluding ortho intramolecular Hbond substituents is 1. The van der Waals surface area contributed by atoms with Crippen LogP contribution in [0.15, 0.2) is 67.0 Å². The molecule has 1 heterocycles. The third-order valence-electron chi connectivity index (χ3n) is 3.43. The minimum absolute atomic E-state index is 0.166. The van der Waals surface area contributed by atoms with Crippen molar-refractivity contribution in [1.82, 2.24) is 10.3 Å². The van der Waals surface area contributed by atoms with Crippen LogP contribution >= 0.6 is 0 Å². The Kier molecular flexibility index (Phi) is 5.03. The van der Waals surface area contributed by atoms with E-state index in [-0.39, 0.29) is 11.5 Å². The van der Waals surface area contributed by atoms with Gasteiger partial charge in [0, 0.05) is 19.3 Å². The van der Waals surface area contributed by atoms with Gasteiger partial charge in [0.1, 0.15) is 11.5 Å². The Labute approximate surface area is 139 Å². The molecule has 0 amide bonds. The summed E-state index contributed by atoms with van der Waals surface area (Å²) in [6.07, 6.45) is 3.16. The standard InChI is InChI=1S/C19H17FN2O2/c20-18-10-15(12-22-11-14-3-1-4-16(23)9-14)6-7-19(18)24-17-5-2-8-21-13-17/h1-10,13,22-23H,11-12H2. The van der Waals surface area contributed by atoms with Gasteiger partial charge in [-0.05, 0) is 47.5 Å². The Balaban J connectivity index is 1.58. The highest BCUT2D eigenvalue weighted by Gasteiger charge is 2.06. The van der Waals surface area contributed by atoms with Crippen LogP contribution in [0.4, 0.5) is 4.39 Å². The van der Waals surface area contributed by atoms with E-state index >= 15 is 0 Å². The molecule has 2 N–H and O–H groups in total. The summed E-state index contributed by atoms with van der Waals surface area (Å²) in [7, 11) is 0. The molecule has 3 rings (SSSR count). The number of hydrogen-bond acceptors (Lipinski definition) is 4. The summed E-state index contributed by atoms with van der Waals surface area (Å²) in [5.41, 5.74) is 1.78. The zero-order chi connectivity index (χ0) is 16.8. The number of halogens is 1. The van der Waals surface area contributed by atoms with Crippen LogP contribution in [0.3, 0.4) is 0 Å². The lowest BCUT2D eigenvalue weighted by Gasteiger charge is -2.09. The summed E-state index contributed by atoms with van der Waals surface area (Å²) >= 11 is 0. The Bertz CT molecular complexity index is 809. The molecule has 0 aliphatic carbocycles. The van der Waals surface area contributed by atoms with Crippen molar-refractivity contribution in [2.45, 2.75) is 13.1 Å². The predicted molar refractivity (Wildman–Crippen MR) is 89.4 cm³/mol. The predicted octanol–water partition coefficient (Wildman–Crippen LogP) is 4.01. The number of rotatable bonds is 6. The molecular weight excluding hydrogens is 307 g/mol. The van der Waals surface area contributed by atoms with Crippen molar-refractivity contribution in [3.8, 4) is 17.2 Å². The monoisotopic (exact) mass is 324 g/mol. The second kappa shape index (κ2) is 7.57. The first-order valence-corrected chi connectivity index (χ1v) is 7.55. The zero-order valence-corrected chi connectivity index (χ0v) is 12.9. The zero-order valence-electron chi connectivity index (χ0n) is 12.9. The van der Waals surface area contributed by atoms with Gasteiger partial charge in [-0.3, -0.25) is 4.98 Å². The van der Waals surface area contributed by atoms with Crippen molar-refractivity contribution in [3.05, 3.63) is 83.9 Å². The SMILES string of the molecule is Oc1cccc(CNCc2ccc(Oc3cccnc3)c(F)c2)c1. The molecule has 0 unspecified atom stereocenters. The summed E-state index contributed by atoms with van der Waals surface area (Å²) in [5, 5.41) is 12.6. The minimum Gasteiger partial charge on any atom is -0.508 e. The van der Waals surface area contributed by atoms with E-state index in [4.69, 9.17) is 4.74 Å². The number of ether oxygens (including phenoxy) is 1. The molecule has 0 aliphatic rings. The fraction of sp³-hybridized carbons (Fsp3) is 0.105. The van der Waals surface area contributed by atoms with E-state index < -0.39 is 5.82 Å². The van der Waals surface area contributed by atoms with Gasteiger partial charge >= 0.3 is 0 Å². The molecule has 0 spiro atoms. The Morgan fingerprint density at radius 3 is 2.54 bits per heavy atom. The fourth-order valence-electron chi connectivity index (χ4n) is 2.29. The number of benzene rings is 2. The fourth-order valence-corrected chi connectivity index (χ4v) is 2.29. The average molecular weight is 324 g/mol. The molecule has 1 aromatic heterocycles. The lowest BCUT2D eigenvalue weighted by molar-refractivity contribution is 0.439. The van der Waals surface area contributed by atoms with Gasteiger partial charge in [-0.2, -0.15) is 0 Å². The van der Waals surface area contributed by atoms with E-state index in [2.05, 4.69) is 10.3 Å². The number of aromatic hydroxyl groups is 1. The first kappa shape index (κ1) is 16.0. The van der Waals surface area contributed by atoms with Crippen LogP contribution in [-0.2, 0) is 13.1 Å². The van der Waals surface area contributed by atoms with E-state index in [0.717, 1.165) is 11.1 Å². The minimum atomic E-state index is -0.421. The number of hydrogen-bond donors (Lipinski definition) is 2.